The van der Waals surface area contributed by atoms with E-state index in [1.807, 2.05) is 42.5 Å². The monoisotopic (exact) mass is 496 g/mol. The SMILES string of the molecule is Brc1ccc(-c2ccccn2)cc1.[Cl][Ir][Cl]. The van der Waals surface area contributed by atoms with Crippen molar-refractivity contribution in [3.63, 3.8) is 0 Å². The van der Waals surface area contributed by atoms with Gasteiger partial charge in [-0.2, -0.15) is 0 Å². The molecular formula is C11H8BrCl2IrN. The number of hydrogen-bond donors (Lipinski definition) is 0. The van der Waals surface area contributed by atoms with Crippen LogP contribution in [0.15, 0.2) is 53.1 Å². The fourth-order valence-corrected chi connectivity index (χ4v) is 1.42. The van der Waals surface area contributed by atoms with Crippen molar-refractivity contribution < 1.29 is 15.7 Å². The Morgan fingerprint density at radius 2 is 1.62 bits per heavy atom. The second kappa shape index (κ2) is 8.21. The van der Waals surface area contributed by atoms with Crippen LogP contribution in [0.1, 0.15) is 0 Å². The summed E-state index contributed by atoms with van der Waals surface area (Å²) < 4.78 is 1.09. The van der Waals surface area contributed by atoms with Crippen LogP contribution >= 0.6 is 35.1 Å². The second-order valence-electron chi connectivity index (χ2n) is 2.77. The van der Waals surface area contributed by atoms with E-state index in [1.54, 1.807) is 6.20 Å². The van der Waals surface area contributed by atoms with Crippen molar-refractivity contribution in [2.45, 2.75) is 0 Å². The predicted molar refractivity (Wildman–Crippen MR) is 69.1 cm³/mol. The van der Waals surface area contributed by atoms with E-state index in [9.17, 15) is 0 Å². The van der Waals surface area contributed by atoms with Crippen molar-refractivity contribution in [2.24, 2.45) is 0 Å². The Kier molecular flexibility index (Phi) is 7.26. The van der Waals surface area contributed by atoms with Gasteiger partial charge in [-0.15, -0.1) is 0 Å². The Morgan fingerprint density at radius 3 is 2.12 bits per heavy atom. The third-order valence-electron chi connectivity index (χ3n) is 1.80. The van der Waals surface area contributed by atoms with Gasteiger partial charge in [0.1, 0.15) is 0 Å². The first-order valence-electron chi connectivity index (χ1n) is 4.28. The Morgan fingerprint density at radius 1 is 1.00 bits per heavy atom. The number of hydrogen-bond acceptors (Lipinski definition) is 1. The van der Waals surface area contributed by atoms with Gasteiger partial charge in [-0.05, 0) is 24.3 Å². The van der Waals surface area contributed by atoms with Gasteiger partial charge in [0, 0.05) is 16.2 Å². The van der Waals surface area contributed by atoms with Gasteiger partial charge in [0.05, 0.1) is 5.69 Å². The molecule has 2 aromatic rings. The van der Waals surface area contributed by atoms with Gasteiger partial charge in [-0.3, -0.25) is 4.98 Å². The van der Waals surface area contributed by atoms with Crippen LogP contribution in [0, 0.1) is 0 Å². The summed E-state index contributed by atoms with van der Waals surface area (Å²) in [5.74, 6) is 0. The fourth-order valence-electron chi connectivity index (χ4n) is 1.15. The summed E-state index contributed by atoms with van der Waals surface area (Å²) in [4.78, 5) is 4.26. The minimum absolute atomic E-state index is 0.556. The Labute approximate surface area is 119 Å². The van der Waals surface area contributed by atoms with E-state index in [-0.39, 0.29) is 0 Å². The van der Waals surface area contributed by atoms with Crippen LogP contribution in [-0.4, -0.2) is 4.98 Å². The van der Waals surface area contributed by atoms with Crippen LogP contribution in [-0.2, 0) is 15.7 Å². The quantitative estimate of drug-likeness (QED) is 0.547. The first kappa shape index (κ1) is 14.1. The standard InChI is InChI=1S/C11H8BrN.2ClH.Ir/c12-10-6-4-9(5-7-10)11-3-1-2-8-13-11;;;/h1-8H;2*1H;/q;;;+2/p-2. The summed E-state index contributed by atoms with van der Waals surface area (Å²) in [7, 11) is 9.78. The minimum atomic E-state index is -0.556. The molecule has 1 heterocycles. The molecule has 1 aromatic heterocycles. The molecule has 0 aliphatic heterocycles. The van der Waals surface area contributed by atoms with E-state index in [1.165, 1.54) is 0 Å². The van der Waals surface area contributed by atoms with Gasteiger partial charge in [0.25, 0.3) is 0 Å². The molecule has 0 N–H and O–H groups in total. The molecule has 16 heavy (non-hydrogen) atoms. The van der Waals surface area contributed by atoms with Crippen LogP contribution in [0.4, 0.5) is 0 Å². The van der Waals surface area contributed by atoms with E-state index in [0.29, 0.717) is 0 Å². The average molecular weight is 497 g/mol. The molecule has 0 amide bonds. The zero-order valence-corrected chi connectivity index (χ0v) is 13.5. The first-order chi connectivity index (χ1) is 7.77. The molecule has 5 heteroatoms. The molecular weight excluding hydrogens is 489 g/mol. The van der Waals surface area contributed by atoms with Crippen LogP contribution in [0.5, 0.6) is 0 Å². The molecule has 1 nitrogen and oxygen atoms in total. The maximum atomic E-state index is 4.89. The molecule has 0 atom stereocenters. The zero-order valence-electron chi connectivity index (χ0n) is 8.03. The van der Waals surface area contributed by atoms with Crippen LogP contribution < -0.4 is 0 Å². The van der Waals surface area contributed by atoms with Crippen molar-refractivity contribution in [1.29, 1.82) is 0 Å². The van der Waals surface area contributed by atoms with Crippen molar-refractivity contribution in [1.82, 2.24) is 4.98 Å². The van der Waals surface area contributed by atoms with E-state index in [2.05, 4.69) is 20.9 Å². The van der Waals surface area contributed by atoms with E-state index >= 15 is 0 Å². The van der Waals surface area contributed by atoms with Gasteiger partial charge < -0.3 is 0 Å². The average Bonchev–Trinajstić information content (AvgIpc) is 2.32. The van der Waals surface area contributed by atoms with E-state index in [0.717, 1.165) is 15.7 Å². The molecule has 0 saturated heterocycles. The van der Waals surface area contributed by atoms with Crippen molar-refractivity contribution in [2.75, 3.05) is 0 Å². The Bertz CT molecular complexity index is 408. The maximum absolute atomic E-state index is 4.89. The molecule has 87 valence electrons. The molecule has 0 fully saturated rings. The van der Waals surface area contributed by atoms with Crippen LogP contribution in [0.3, 0.4) is 0 Å². The van der Waals surface area contributed by atoms with Crippen LogP contribution in [0.25, 0.3) is 11.3 Å². The third kappa shape index (κ3) is 4.94. The summed E-state index contributed by atoms with van der Waals surface area (Å²) in [5, 5.41) is 0. The molecule has 2 rings (SSSR count). The molecule has 0 unspecified atom stereocenters. The van der Waals surface area contributed by atoms with Crippen LogP contribution in [0.2, 0.25) is 0 Å². The Hall–Kier alpha value is 0.0794. The second-order valence-corrected chi connectivity index (χ2v) is 7.15. The molecule has 0 aliphatic rings. The number of rotatable bonds is 1. The summed E-state index contributed by atoms with van der Waals surface area (Å²) in [6.45, 7) is 0. The van der Waals surface area contributed by atoms with E-state index < -0.39 is 15.7 Å². The number of halogens is 3. The van der Waals surface area contributed by atoms with Gasteiger partial charge in [-0.1, -0.05) is 34.1 Å². The summed E-state index contributed by atoms with van der Waals surface area (Å²) in [6.07, 6.45) is 1.80. The molecule has 0 radical (unpaired) electrons. The van der Waals surface area contributed by atoms with Gasteiger partial charge in [0.15, 0.2) is 0 Å². The molecule has 0 bridgehead atoms. The number of aromatic nitrogens is 1. The topological polar surface area (TPSA) is 12.9 Å². The van der Waals surface area contributed by atoms with Crippen molar-refractivity contribution in [3.05, 3.63) is 53.1 Å². The molecule has 0 saturated carbocycles. The predicted octanol–water partition coefficient (Wildman–Crippen LogP) is 4.89. The zero-order chi connectivity index (χ0) is 11.8. The number of nitrogens with zero attached hydrogens (tertiary/aromatic N) is 1. The van der Waals surface area contributed by atoms with Crippen molar-refractivity contribution >= 4 is 35.1 Å². The van der Waals surface area contributed by atoms with Gasteiger partial charge in [-0.25, -0.2) is 0 Å². The van der Waals surface area contributed by atoms with Gasteiger partial charge in [0.2, 0.25) is 0 Å². The fraction of sp³-hybridized carbons (Fsp3) is 0. The van der Waals surface area contributed by atoms with E-state index in [4.69, 9.17) is 19.2 Å². The van der Waals surface area contributed by atoms with Crippen molar-refractivity contribution in [3.8, 4) is 11.3 Å². The molecule has 0 aliphatic carbocycles. The molecule has 1 aromatic carbocycles. The summed E-state index contributed by atoms with van der Waals surface area (Å²) >= 11 is 2.84. The van der Waals surface area contributed by atoms with Gasteiger partial charge >= 0.3 is 34.8 Å². The molecule has 0 spiro atoms. The number of pyridine rings is 1. The Balaban J connectivity index is 0.000000386. The summed E-state index contributed by atoms with van der Waals surface area (Å²) in [5.41, 5.74) is 2.15. The third-order valence-corrected chi connectivity index (χ3v) is 2.33. The normalized spacial score (nSPS) is 9.44. The number of benzene rings is 1. The summed E-state index contributed by atoms with van der Waals surface area (Å²) in [6, 6.07) is 14.0. The first-order valence-corrected chi connectivity index (χ1v) is 11.0.